The van der Waals surface area contributed by atoms with Gasteiger partial charge in [0.05, 0.1) is 35.5 Å². The number of esters is 4. The van der Waals surface area contributed by atoms with Crippen molar-refractivity contribution in [3.8, 4) is 34.1 Å². The summed E-state index contributed by atoms with van der Waals surface area (Å²) in [6.45, 7) is 2.79. The summed E-state index contributed by atoms with van der Waals surface area (Å²) in [5.41, 5.74) is 2.40. The third-order valence-electron chi connectivity index (χ3n) is 12.3. The van der Waals surface area contributed by atoms with Gasteiger partial charge in [0.25, 0.3) is 0 Å². The van der Waals surface area contributed by atoms with Gasteiger partial charge in [0.15, 0.2) is 0 Å². The highest BCUT2D eigenvalue weighted by molar-refractivity contribution is 5.94. The van der Waals surface area contributed by atoms with Gasteiger partial charge in [0, 0.05) is 6.42 Å². The molecule has 0 saturated heterocycles. The molecule has 410 valence electrons. The summed E-state index contributed by atoms with van der Waals surface area (Å²) < 4.78 is 145. The molecular weight excluding hydrogens is 1010 g/mol. The normalized spacial score (nSPS) is 12.0. The van der Waals surface area contributed by atoms with Crippen molar-refractivity contribution in [3.63, 3.8) is 0 Å². The summed E-state index contributed by atoms with van der Waals surface area (Å²) in [6, 6.07) is 31.3. The van der Waals surface area contributed by atoms with Crippen LogP contribution in [0.4, 0.5) is 39.5 Å². The maximum absolute atomic E-state index is 13.7. The molecule has 0 radical (unpaired) electrons. The average molecular weight is 1070 g/mol. The van der Waals surface area contributed by atoms with Gasteiger partial charge in [-0.25, -0.2) is 19.2 Å². The Bertz CT molecular complexity index is 2600. The topological polar surface area (TPSA) is 114 Å². The van der Waals surface area contributed by atoms with Gasteiger partial charge in [0.1, 0.15) is 23.0 Å². The van der Waals surface area contributed by atoms with Gasteiger partial charge in [-0.15, -0.1) is 0 Å². The first-order valence-corrected chi connectivity index (χ1v) is 25.4. The molecular formula is C58H61F9O9. The molecule has 5 aromatic carbocycles. The molecule has 0 unspecified atom stereocenters. The van der Waals surface area contributed by atoms with E-state index in [1.807, 2.05) is 0 Å². The van der Waals surface area contributed by atoms with Gasteiger partial charge in [-0.1, -0.05) is 115 Å². The van der Waals surface area contributed by atoms with Crippen molar-refractivity contribution in [2.24, 2.45) is 0 Å². The second kappa shape index (κ2) is 28.9. The standard InChI is InChI=1S/C58H61F9O9/c1-2-3-4-5-6-7-8-10-14-17-39-73-51(68)42-25-33-49(34-26-42)75-53(70)44-27-35-50(36-28-44)76-54(71)46-20-18-19-45(40-46)41-21-31-48(32-22-41)74-52(69)43-23-29-47(30-24-43)72-38-16-13-11-9-12-15-37-55(59,60)56(61,62)57(63,64)58(65,66)67/h18-36,40H,2-17,37-39H2,1H3. The number of rotatable bonds is 31. The van der Waals surface area contributed by atoms with E-state index in [4.69, 9.17) is 23.7 Å². The predicted octanol–water partition coefficient (Wildman–Crippen LogP) is 16.7. The third-order valence-corrected chi connectivity index (χ3v) is 12.3. The molecule has 0 atom stereocenters. The number of hydrogen-bond acceptors (Lipinski definition) is 9. The smallest absolute Gasteiger partial charge is 0.460 e. The largest absolute Gasteiger partial charge is 0.494 e. The minimum Gasteiger partial charge on any atom is -0.494 e. The second-order valence-electron chi connectivity index (χ2n) is 18.2. The Hall–Kier alpha value is -6.85. The molecule has 0 bridgehead atoms. The first-order chi connectivity index (χ1) is 36.2. The van der Waals surface area contributed by atoms with Crippen LogP contribution in [0, 0.1) is 0 Å². The van der Waals surface area contributed by atoms with E-state index in [-0.39, 0.29) is 53.4 Å². The van der Waals surface area contributed by atoms with Crippen LogP contribution in [-0.2, 0) is 4.74 Å². The quantitative estimate of drug-likeness (QED) is 0.0185. The first kappa shape index (κ1) is 60.0. The van der Waals surface area contributed by atoms with E-state index in [2.05, 4.69) is 6.92 Å². The van der Waals surface area contributed by atoms with Crippen molar-refractivity contribution >= 4 is 23.9 Å². The molecule has 5 rings (SSSR count). The lowest BCUT2D eigenvalue weighted by Gasteiger charge is -2.33. The van der Waals surface area contributed by atoms with Gasteiger partial charge in [0.2, 0.25) is 0 Å². The zero-order chi connectivity index (χ0) is 55.2. The van der Waals surface area contributed by atoms with Crippen LogP contribution in [-0.4, -0.2) is 61.0 Å². The fourth-order valence-electron chi connectivity index (χ4n) is 7.79. The fraction of sp³-hybridized carbons (Fsp3) is 0.414. The summed E-state index contributed by atoms with van der Waals surface area (Å²) in [6.07, 6.45) is 4.13. The van der Waals surface area contributed by atoms with Crippen LogP contribution in [0.3, 0.4) is 0 Å². The molecule has 18 heteroatoms. The lowest BCUT2D eigenvalue weighted by Crippen LogP contribution is -2.60. The van der Waals surface area contributed by atoms with Crippen LogP contribution in [0.1, 0.15) is 158 Å². The van der Waals surface area contributed by atoms with Gasteiger partial charge in [-0.3, -0.25) is 0 Å². The van der Waals surface area contributed by atoms with E-state index in [9.17, 15) is 58.7 Å². The zero-order valence-corrected chi connectivity index (χ0v) is 42.1. The van der Waals surface area contributed by atoms with E-state index in [0.29, 0.717) is 48.3 Å². The first-order valence-electron chi connectivity index (χ1n) is 25.4. The number of carbonyl (C=O) groups excluding carboxylic acids is 4. The Kier molecular flexibility index (Phi) is 22.8. The summed E-state index contributed by atoms with van der Waals surface area (Å²) >= 11 is 0. The highest BCUT2D eigenvalue weighted by atomic mass is 19.4. The highest BCUT2D eigenvalue weighted by Crippen LogP contribution is 2.54. The maximum Gasteiger partial charge on any atom is 0.460 e. The minimum atomic E-state index is -6.88. The van der Waals surface area contributed by atoms with Gasteiger partial charge < -0.3 is 23.7 Å². The van der Waals surface area contributed by atoms with Crippen LogP contribution in [0.2, 0.25) is 0 Å². The lowest BCUT2D eigenvalue weighted by atomic mass is 9.98. The predicted molar refractivity (Wildman–Crippen MR) is 267 cm³/mol. The zero-order valence-electron chi connectivity index (χ0n) is 42.1. The molecule has 0 amide bonds. The Labute approximate surface area is 436 Å². The molecule has 0 aromatic heterocycles. The molecule has 0 fully saturated rings. The number of unbranched alkanes of at least 4 members (excludes halogenated alkanes) is 14. The van der Waals surface area contributed by atoms with Crippen molar-refractivity contribution in [2.75, 3.05) is 13.2 Å². The van der Waals surface area contributed by atoms with E-state index >= 15 is 0 Å². The second-order valence-corrected chi connectivity index (χ2v) is 18.2. The van der Waals surface area contributed by atoms with E-state index in [1.54, 1.807) is 60.7 Å². The van der Waals surface area contributed by atoms with E-state index in [0.717, 1.165) is 19.3 Å². The molecule has 5 aromatic rings. The molecule has 0 spiro atoms. The third kappa shape index (κ3) is 17.9. The molecule has 0 aliphatic rings. The van der Waals surface area contributed by atoms with Gasteiger partial charge in [-0.05, 0) is 127 Å². The Morgan fingerprint density at radius 2 is 0.776 bits per heavy atom. The van der Waals surface area contributed by atoms with E-state index in [1.165, 1.54) is 106 Å². The molecule has 0 aliphatic carbocycles. The lowest BCUT2D eigenvalue weighted by molar-refractivity contribution is -0.396. The molecule has 0 N–H and O–H groups in total. The maximum atomic E-state index is 13.7. The highest BCUT2D eigenvalue weighted by Gasteiger charge is 2.81. The summed E-state index contributed by atoms with van der Waals surface area (Å²) in [5, 5.41) is 0. The molecule has 0 saturated carbocycles. The number of benzene rings is 5. The Morgan fingerprint density at radius 3 is 1.25 bits per heavy atom. The SMILES string of the molecule is CCCCCCCCCCCCOC(=O)c1ccc(OC(=O)c2ccc(OC(=O)c3cccc(-c4ccc(OC(=O)c5ccc(OCCCCCCCCC(F)(F)C(F)(F)C(F)(F)C(F)(F)F)cc5)cc4)c3)cc2)cc1. The van der Waals surface area contributed by atoms with E-state index < -0.39 is 60.7 Å². The van der Waals surface area contributed by atoms with Crippen LogP contribution < -0.4 is 18.9 Å². The van der Waals surface area contributed by atoms with Gasteiger partial charge in [-0.2, -0.15) is 39.5 Å². The van der Waals surface area contributed by atoms with Crippen LogP contribution >= 0.6 is 0 Å². The summed E-state index contributed by atoms with van der Waals surface area (Å²) in [4.78, 5) is 51.4. The van der Waals surface area contributed by atoms with Gasteiger partial charge >= 0.3 is 47.8 Å². The number of ether oxygens (including phenoxy) is 5. The van der Waals surface area contributed by atoms with Crippen LogP contribution in [0.15, 0.2) is 121 Å². The van der Waals surface area contributed by atoms with Crippen molar-refractivity contribution in [3.05, 3.63) is 144 Å². The van der Waals surface area contributed by atoms with Crippen molar-refractivity contribution in [1.82, 2.24) is 0 Å². The Morgan fingerprint density at radius 1 is 0.382 bits per heavy atom. The molecule has 0 aliphatic heterocycles. The Balaban J connectivity index is 0.975. The minimum absolute atomic E-state index is 0.0809. The average Bonchev–Trinajstić information content (AvgIpc) is 3.40. The van der Waals surface area contributed by atoms with Crippen molar-refractivity contribution in [1.29, 1.82) is 0 Å². The number of carbonyl (C=O) groups is 4. The molecule has 9 nitrogen and oxygen atoms in total. The molecule has 0 heterocycles. The fourth-order valence-corrected chi connectivity index (χ4v) is 7.79. The summed E-state index contributed by atoms with van der Waals surface area (Å²) in [7, 11) is 0. The number of halogens is 9. The monoisotopic (exact) mass is 1070 g/mol. The summed E-state index contributed by atoms with van der Waals surface area (Å²) in [5.74, 6) is -20.3. The van der Waals surface area contributed by atoms with Crippen LogP contribution in [0.5, 0.6) is 23.0 Å². The van der Waals surface area contributed by atoms with Crippen LogP contribution in [0.25, 0.3) is 11.1 Å². The number of alkyl halides is 9. The van der Waals surface area contributed by atoms with Crippen molar-refractivity contribution < 1.29 is 82.4 Å². The van der Waals surface area contributed by atoms with Crippen molar-refractivity contribution in [2.45, 2.75) is 140 Å². The number of hydrogen-bond donors (Lipinski definition) is 0. The molecule has 76 heavy (non-hydrogen) atoms.